The molecule has 1 aliphatic heterocycles. The Labute approximate surface area is 105 Å². The van der Waals surface area contributed by atoms with Gasteiger partial charge in [0.2, 0.25) is 0 Å². The van der Waals surface area contributed by atoms with E-state index in [2.05, 4.69) is 26.3 Å². The fourth-order valence-corrected chi connectivity index (χ4v) is 2.24. The highest BCUT2D eigenvalue weighted by molar-refractivity contribution is 5.90. The molecule has 2 aromatic rings. The van der Waals surface area contributed by atoms with Crippen LogP contribution in [0.15, 0.2) is 24.5 Å². The maximum absolute atomic E-state index is 8.98. The maximum Gasteiger partial charge on any atom is 0.140 e. The van der Waals surface area contributed by atoms with Crippen LogP contribution in [0.5, 0.6) is 0 Å². The van der Waals surface area contributed by atoms with Crippen LogP contribution in [0.2, 0.25) is 0 Å². The number of piperazine rings is 1. The summed E-state index contributed by atoms with van der Waals surface area (Å²) in [4.78, 5) is 10.9. The molecule has 0 amide bonds. The summed E-state index contributed by atoms with van der Waals surface area (Å²) in [6.07, 6.45) is 1.59. The van der Waals surface area contributed by atoms with Gasteiger partial charge in [-0.15, -0.1) is 0 Å². The van der Waals surface area contributed by atoms with Gasteiger partial charge in [-0.05, 0) is 18.2 Å². The van der Waals surface area contributed by atoms with Gasteiger partial charge in [-0.1, -0.05) is 0 Å². The Morgan fingerprint density at radius 1 is 1.22 bits per heavy atom. The van der Waals surface area contributed by atoms with Crippen molar-refractivity contribution in [1.29, 1.82) is 5.26 Å². The number of benzene rings is 1. The highest BCUT2D eigenvalue weighted by atomic mass is 15.2. The van der Waals surface area contributed by atoms with Crippen molar-refractivity contribution in [3.63, 3.8) is 0 Å². The number of fused-ring (bicyclic) bond motifs is 1. The van der Waals surface area contributed by atoms with E-state index >= 15 is 0 Å². The van der Waals surface area contributed by atoms with Gasteiger partial charge in [0.15, 0.2) is 0 Å². The first-order valence-electron chi connectivity index (χ1n) is 5.99. The van der Waals surface area contributed by atoms with E-state index in [0.717, 1.165) is 42.9 Å². The van der Waals surface area contributed by atoms with Crippen molar-refractivity contribution < 1.29 is 0 Å². The van der Waals surface area contributed by atoms with Crippen LogP contribution in [-0.4, -0.2) is 36.1 Å². The molecule has 1 N–H and O–H groups in total. The van der Waals surface area contributed by atoms with Gasteiger partial charge in [0, 0.05) is 31.6 Å². The molecule has 0 unspecified atom stereocenters. The number of nitriles is 1. The van der Waals surface area contributed by atoms with Crippen LogP contribution in [0.1, 0.15) is 5.56 Å². The summed E-state index contributed by atoms with van der Waals surface area (Å²) in [5.41, 5.74) is 1.53. The zero-order chi connectivity index (χ0) is 12.4. The molecule has 0 bridgehead atoms. The lowest BCUT2D eigenvalue weighted by Gasteiger charge is -2.29. The average molecular weight is 239 g/mol. The van der Waals surface area contributed by atoms with Gasteiger partial charge in [-0.25, -0.2) is 9.97 Å². The Hall–Kier alpha value is -2.19. The lowest BCUT2D eigenvalue weighted by Crippen LogP contribution is -2.44. The molecular weight excluding hydrogens is 226 g/mol. The van der Waals surface area contributed by atoms with Crippen molar-refractivity contribution in [3.05, 3.63) is 30.1 Å². The minimum atomic E-state index is 0.647. The van der Waals surface area contributed by atoms with Gasteiger partial charge in [0.1, 0.15) is 12.1 Å². The fraction of sp³-hybridized carbons (Fsp3) is 0.308. The SMILES string of the molecule is N#Cc1ccc2ncnc(N3CCNCC3)c2c1. The zero-order valence-corrected chi connectivity index (χ0v) is 9.93. The first-order chi connectivity index (χ1) is 8.88. The molecule has 1 aliphatic rings. The quantitative estimate of drug-likeness (QED) is 0.801. The maximum atomic E-state index is 8.98. The summed E-state index contributed by atoms with van der Waals surface area (Å²) >= 11 is 0. The third-order valence-corrected chi connectivity index (χ3v) is 3.16. The lowest BCUT2D eigenvalue weighted by molar-refractivity contribution is 0.586. The molecular formula is C13H13N5. The Morgan fingerprint density at radius 2 is 2.06 bits per heavy atom. The van der Waals surface area contributed by atoms with E-state index < -0.39 is 0 Å². The Kier molecular flexibility index (Phi) is 2.79. The number of aromatic nitrogens is 2. The number of hydrogen-bond acceptors (Lipinski definition) is 5. The lowest BCUT2D eigenvalue weighted by atomic mass is 10.1. The van der Waals surface area contributed by atoms with E-state index in [-0.39, 0.29) is 0 Å². The summed E-state index contributed by atoms with van der Waals surface area (Å²) in [5.74, 6) is 0.929. The van der Waals surface area contributed by atoms with Crippen LogP contribution in [0.4, 0.5) is 5.82 Å². The van der Waals surface area contributed by atoms with Gasteiger partial charge in [-0.3, -0.25) is 0 Å². The largest absolute Gasteiger partial charge is 0.353 e. The molecule has 1 aromatic carbocycles. The van der Waals surface area contributed by atoms with Crippen molar-refractivity contribution in [1.82, 2.24) is 15.3 Å². The number of rotatable bonds is 1. The van der Waals surface area contributed by atoms with Crippen LogP contribution < -0.4 is 10.2 Å². The van der Waals surface area contributed by atoms with E-state index in [1.54, 1.807) is 12.4 Å². The summed E-state index contributed by atoms with van der Waals surface area (Å²) in [6.45, 7) is 3.79. The monoisotopic (exact) mass is 239 g/mol. The minimum absolute atomic E-state index is 0.647. The van der Waals surface area contributed by atoms with Crippen LogP contribution in [0.25, 0.3) is 10.9 Å². The number of nitrogens with zero attached hydrogens (tertiary/aromatic N) is 4. The predicted octanol–water partition coefficient (Wildman–Crippen LogP) is 0.911. The van der Waals surface area contributed by atoms with Crippen LogP contribution in [0.3, 0.4) is 0 Å². The molecule has 0 radical (unpaired) electrons. The fourth-order valence-electron chi connectivity index (χ4n) is 2.24. The van der Waals surface area contributed by atoms with Crippen molar-refractivity contribution in [3.8, 4) is 6.07 Å². The molecule has 18 heavy (non-hydrogen) atoms. The van der Waals surface area contributed by atoms with Crippen molar-refractivity contribution in [2.45, 2.75) is 0 Å². The first-order valence-corrected chi connectivity index (χ1v) is 5.99. The van der Waals surface area contributed by atoms with E-state index in [9.17, 15) is 0 Å². The normalized spacial score (nSPS) is 15.6. The van der Waals surface area contributed by atoms with Crippen molar-refractivity contribution >= 4 is 16.7 Å². The third kappa shape index (κ3) is 1.87. The molecule has 0 atom stereocenters. The number of nitrogens with one attached hydrogen (secondary N) is 1. The molecule has 1 fully saturated rings. The third-order valence-electron chi connectivity index (χ3n) is 3.16. The van der Waals surface area contributed by atoms with E-state index in [4.69, 9.17) is 5.26 Å². The molecule has 5 nitrogen and oxygen atoms in total. The second kappa shape index (κ2) is 4.59. The Morgan fingerprint density at radius 3 is 2.83 bits per heavy atom. The number of anilines is 1. The molecule has 5 heteroatoms. The Balaban J connectivity index is 2.12. The highest BCUT2D eigenvalue weighted by Crippen LogP contribution is 2.23. The molecule has 3 rings (SSSR count). The molecule has 2 heterocycles. The van der Waals surface area contributed by atoms with Gasteiger partial charge in [0.05, 0.1) is 17.1 Å². The molecule has 1 saturated heterocycles. The van der Waals surface area contributed by atoms with E-state index in [0.29, 0.717) is 5.56 Å². The first kappa shape index (κ1) is 10.9. The van der Waals surface area contributed by atoms with Crippen molar-refractivity contribution in [2.24, 2.45) is 0 Å². The summed E-state index contributed by atoms with van der Waals surface area (Å²) in [7, 11) is 0. The van der Waals surface area contributed by atoms with Crippen LogP contribution in [0, 0.1) is 11.3 Å². The molecule has 1 aromatic heterocycles. The zero-order valence-electron chi connectivity index (χ0n) is 9.93. The summed E-state index contributed by atoms with van der Waals surface area (Å²) in [6, 6.07) is 7.70. The topological polar surface area (TPSA) is 64.8 Å². The molecule has 0 saturated carbocycles. The second-order valence-corrected chi connectivity index (χ2v) is 4.28. The predicted molar refractivity (Wildman–Crippen MR) is 69.3 cm³/mol. The van der Waals surface area contributed by atoms with Gasteiger partial charge < -0.3 is 10.2 Å². The second-order valence-electron chi connectivity index (χ2n) is 4.28. The van der Waals surface area contributed by atoms with Crippen molar-refractivity contribution in [2.75, 3.05) is 31.1 Å². The minimum Gasteiger partial charge on any atom is -0.353 e. The summed E-state index contributed by atoms with van der Waals surface area (Å²) in [5, 5.41) is 13.3. The van der Waals surface area contributed by atoms with Crippen LogP contribution >= 0.6 is 0 Å². The highest BCUT2D eigenvalue weighted by Gasteiger charge is 2.15. The van der Waals surface area contributed by atoms with Gasteiger partial charge in [-0.2, -0.15) is 5.26 Å². The van der Waals surface area contributed by atoms with E-state index in [1.807, 2.05) is 12.1 Å². The molecule has 0 spiro atoms. The Bertz CT molecular complexity index is 610. The van der Waals surface area contributed by atoms with Gasteiger partial charge in [0.25, 0.3) is 0 Å². The smallest absolute Gasteiger partial charge is 0.140 e. The van der Waals surface area contributed by atoms with Crippen LogP contribution in [-0.2, 0) is 0 Å². The standard InChI is InChI=1S/C13H13N5/c14-8-10-1-2-12-11(7-10)13(17-9-16-12)18-5-3-15-4-6-18/h1-2,7,9,15H,3-6H2. The van der Waals surface area contributed by atoms with E-state index in [1.165, 1.54) is 0 Å². The summed E-state index contributed by atoms with van der Waals surface area (Å²) < 4.78 is 0. The molecule has 90 valence electrons. The molecule has 0 aliphatic carbocycles. The average Bonchev–Trinajstić information content (AvgIpc) is 2.47. The van der Waals surface area contributed by atoms with Gasteiger partial charge >= 0.3 is 0 Å². The number of hydrogen-bond donors (Lipinski definition) is 1.